The normalized spacial score (nSPS) is 11.5. The van der Waals surface area contributed by atoms with Gasteiger partial charge in [-0.3, -0.25) is 9.78 Å². The van der Waals surface area contributed by atoms with E-state index in [2.05, 4.69) is 30.7 Å². The van der Waals surface area contributed by atoms with Gasteiger partial charge in [-0.25, -0.2) is 4.98 Å². The molecule has 0 unspecified atom stereocenters. The van der Waals surface area contributed by atoms with Crippen LogP contribution in [-0.2, 0) is 12.8 Å². The predicted molar refractivity (Wildman–Crippen MR) is 91.2 cm³/mol. The zero-order valence-electron chi connectivity index (χ0n) is 13.7. The Morgan fingerprint density at radius 3 is 2.68 bits per heavy atom. The molecule has 0 radical (unpaired) electrons. The second kappa shape index (κ2) is 6.52. The van der Waals surface area contributed by atoms with Crippen molar-refractivity contribution in [2.75, 3.05) is 11.9 Å². The number of hydrogen-bond acceptors (Lipinski definition) is 4. The van der Waals surface area contributed by atoms with E-state index in [1.807, 2.05) is 35.5 Å². The first-order valence-corrected chi connectivity index (χ1v) is 8.11. The summed E-state index contributed by atoms with van der Waals surface area (Å²) in [5.41, 5.74) is 1.34. The van der Waals surface area contributed by atoms with E-state index < -0.39 is 0 Å². The highest BCUT2D eigenvalue weighted by Crippen LogP contribution is 2.27. The summed E-state index contributed by atoms with van der Waals surface area (Å²) >= 11 is 1.81. The van der Waals surface area contributed by atoms with Gasteiger partial charge in [-0.05, 0) is 12.1 Å². The molecule has 2 aromatic heterocycles. The van der Waals surface area contributed by atoms with Gasteiger partial charge in [-0.2, -0.15) is 0 Å². The smallest absolute Gasteiger partial charge is 0.276 e. The number of anilines is 1. The Balaban J connectivity index is 2.16. The lowest BCUT2D eigenvalue weighted by Crippen LogP contribution is -2.28. The van der Waals surface area contributed by atoms with Gasteiger partial charge in [-0.15, -0.1) is 11.8 Å². The van der Waals surface area contributed by atoms with Crippen LogP contribution in [0.15, 0.2) is 30.7 Å². The van der Waals surface area contributed by atoms with Gasteiger partial charge in [-0.1, -0.05) is 20.8 Å². The first kappa shape index (κ1) is 16.5. The van der Waals surface area contributed by atoms with Gasteiger partial charge in [0.05, 0.1) is 23.8 Å². The van der Waals surface area contributed by atoms with Gasteiger partial charge >= 0.3 is 0 Å². The highest BCUT2D eigenvalue weighted by molar-refractivity contribution is 7.99. The lowest BCUT2D eigenvalue weighted by atomic mass is 10.3. The van der Waals surface area contributed by atoms with Gasteiger partial charge in [0, 0.05) is 25.0 Å². The van der Waals surface area contributed by atoms with Gasteiger partial charge in [0.1, 0.15) is 11.5 Å². The molecule has 0 saturated heterocycles. The fourth-order valence-corrected chi connectivity index (χ4v) is 2.73. The minimum atomic E-state index is -0.0880. The second-order valence-corrected chi connectivity index (χ2v) is 7.90. The van der Waals surface area contributed by atoms with Crippen LogP contribution in [0, 0.1) is 0 Å². The number of rotatable bonds is 4. The van der Waals surface area contributed by atoms with Crippen LogP contribution in [0.25, 0.3) is 0 Å². The Kier molecular flexibility index (Phi) is 4.90. The molecule has 2 heterocycles. The lowest BCUT2D eigenvalue weighted by Gasteiger charge is -2.18. The summed E-state index contributed by atoms with van der Waals surface area (Å²) in [5.74, 6) is 1.60. The minimum absolute atomic E-state index is 0.0880. The monoisotopic (exact) mass is 318 g/mol. The Morgan fingerprint density at radius 2 is 2.09 bits per heavy atom. The number of amides is 1. The van der Waals surface area contributed by atoms with Crippen LogP contribution in [0.4, 0.5) is 5.69 Å². The van der Waals surface area contributed by atoms with Crippen LogP contribution < -0.4 is 4.90 Å². The number of nitrogens with zero attached hydrogens (tertiary/aromatic N) is 4. The molecule has 5 nitrogen and oxygen atoms in total. The van der Waals surface area contributed by atoms with Gasteiger partial charge in [0.15, 0.2) is 0 Å². The summed E-state index contributed by atoms with van der Waals surface area (Å²) in [6, 6.07) is 3.67. The van der Waals surface area contributed by atoms with Crippen molar-refractivity contribution < 1.29 is 4.79 Å². The molecule has 0 aliphatic carbocycles. The maximum Gasteiger partial charge on any atom is 0.276 e. The second-order valence-electron chi connectivity index (χ2n) is 6.10. The fourth-order valence-electron chi connectivity index (χ4n) is 1.90. The van der Waals surface area contributed by atoms with Crippen LogP contribution in [0.5, 0.6) is 0 Å². The van der Waals surface area contributed by atoms with Gasteiger partial charge in [0.2, 0.25) is 0 Å². The van der Waals surface area contributed by atoms with Crippen molar-refractivity contribution in [2.24, 2.45) is 7.05 Å². The first-order chi connectivity index (χ1) is 10.3. The molecule has 0 spiro atoms. The largest absolute Gasteiger partial charge is 0.326 e. The standard InChI is InChI=1S/C16H22N4OS/c1-16(2,3)22-11-14-18-10-13(20(14)5)15(21)19(4)12-7-6-8-17-9-12/h6-10H,11H2,1-5H3. The third kappa shape index (κ3) is 3.88. The molecule has 6 heteroatoms. The average molecular weight is 318 g/mol. The molecule has 1 amide bonds. The zero-order chi connectivity index (χ0) is 16.3. The van der Waals surface area contributed by atoms with Crippen molar-refractivity contribution in [2.45, 2.75) is 31.3 Å². The fraction of sp³-hybridized carbons (Fsp3) is 0.438. The van der Waals surface area contributed by atoms with Crippen molar-refractivity contribution in [3.05, 3.63) is 42.2 Å². The molecule has 2 rings (SSSR count). The summed E-state index contributed by atoms with van der Waals surface area (Å²) in [6.07, 6.45) is 5.01. The molecule has 0 aliphatic rings. The third-order valence-electron chi connectivity index (χ3n) is 3.28. The number of carbonyl (C=O) groups excluding carboxylic acids is 1. The van der Waals surface area contributed by atoms with Crippen LogP contribution >= 0.6 is 11.8 Å². The van der Waals surface area contributed by atoms with Crippen LogP contribution in [0.3, 0.4) is 0 Å². The molecule has 0 bridgehead atoms. The van der Waals surface area contributed by atoms with Crippen LogP contribution in [0.2, 0.25) is 0 Å². The topological polar surface area (TPSA) is 51.0 Å². The van der Waals surface area contributed by atoms with Crippen molar-refractivity contribution >= 4 is 23.4 Å². The Hall–Kier alpha value is -1.82. The highest BCUT2D eigenvalue weighted by Gasteiger charge is 2.20. The molecule has 0 aliphatic heterocycles. The van der Waals surface area contributed by atoms with Gasteiger partial charge < -0.3 is 9.47 Å². The number of thioether (sulfide) groups is 1. The Morgan fingerprint density at radius 1 is 1.36 bits per heavy atom. The summed E-state index contributed by atoms with van der Waals surface area (Å²) in [4.78, 5) is 22.6. The summed E-state index contributed by atoms with van der Waals surface area (Å²) in [7, 11) is 3.63. The van der Waals surface area contributed by atoms with Crippen molar-refractivity contribution in [1.82, 2.24) is 14.5 Å². The van der Waals surface area contributed by atoms with E-state index in [4.69, 9.17) is 0 Å². The molecule has 0 N–H and O–H groups in total. The number of imidazole rings is 1. The Bertz CT molecular complexity index is 646. The molecule has 118 valence electrons. The molecule has 2 aromatic rings. The van der Waals surface area contributed by atoms with E-state index >= 15 is 0 Å². The van der Waals surface area contributed by atoms with E-state index in [9.17, 15) is 4.79 Å². The molecule has 0 fully saturated rings. The van der Waals surface area contributed by atoms with Crippen molar-refractivity contribution in [3.8, 4) is 0 Å². The highest BCUT2D eigenvalue weighted by atomic mass is 32.2. The van der Waals surface area contributed by atoms with E-state index in [1.165, 1.54) is 0 Å². The molecule has 0 aromatic carbocycles. The van der Waals surface area contributed by atoms with E-state index in [0.29, 0.717) is 5.69 Å². The van der Waals surface area contributed by atoms with Crippen LogP contribution in [-0.4, -0.2) is 32.2 Å². The van der Waals surface area contributed by atoms with Crippen LogP contribution in [0.1, 0.15) is 37.1 Å². The maximum atomic E-state index is 12.6. The molecule has 0 saturated carbocycles. The minimum Gasteiger partial charge on any atom is -0.326 e. The van der Waals surface area contributed by atoms with Crippen molar-refractivity contribution in [3.63, 3.8) is 0 Å². The van der Waals surface area contributed by atoms with E-state index in [0.717, 1.165) is 17.3 Å². The average Bonchev–Trinajstić information content (AvgIpc) is 2.85. The third-order valence-corrected chi connectivity index (χ3v) is 4.54. The number of carbonyl (C=O) groups is 1. The number of hydrogen-bond donors (Lipinski definition) is 0. The Labute approximate surface area is 135 Å². The van der Waals surface area contributed by atoms with E-state index in [-0.39, 0.29) is 10.7 Å². The quantitative estimate of drug-likeness (QED) is 0.869. The SMILES string of the molecule is CN(C(=O)c1cnc(CSC(C)(C)C)n1C)c1cccnc1. The predicted octanol–water partition coefficient (Wildman–Crippen LogP) is 3.12. The number of pyridine rings is 1. The van der Waals surface area contributed by atoms with Crippen molar-refractivity contribution in [1.29, 1.82) is 0 Å². The first-order valence-electron chi connectivity index (χ1n) is 7.12. The molecular formula is C16H22N4OS. The number of aromatic nitrogens is 3. The summed E-state index contributed by atoms with van der Waals surface area (Å²) in [5, 5.41) is 0. The summed E-state index contributed by atoms with van der Waals surface area (Å²) in [6.45, 7) is 6.51. The molecule has 0 atom stereocenters. The maximum absolute atomic E-state index is 12.6. The van der Waals surface area contributed by atoms with Gasteiger partial charge in [0.25, 0.3) is 5.91 Å². The zero-order valence-corrected chi connectivity index (χ0v) is 14.5. The molecular weight excluding hydrogens is 296 g/mol. The summed E-state index contributed by atoms with van der Waals surface area (Å²) < 4.78 is 2.04. The lowest BCUT2D eigenvalue weighted by molar-refractivity contribution is 0.0985. The van der Waals surface area contributed by atoms with E-state index in [1.54, 1.807) is 30.5 Å². The molecule has 22 heavy (non-hydrogen) atoms.